The number of esters is 8. The van der Waals surface area contributed by atoms with Gasteiger partial charge in [-0.25, -0.2) is 14.4 Å². The van der Waals surface area contributed by atoms with E-state index in [-0.39, 0.29) is 22.4 Å². The molecule has 1 spiro atoms. The van der Waals surface area contributed by atoms with Gasteiger partial charge in [-0.2, -0.15) is 0 Å². The fraction of sp³-hybridized carbons (Fsp3) is 0.500. The highest BCUT2D eigenvalue weighted by molar-refractivity contribution is 5.92. The van der Waals surface area contributed by atoms with Gasteiger partial charge in [-0.3, -0.25) is 29.0 Å². The summed E-state index contributed by atoms with van der Waals surface area (Å²) in [5.74, 6) is -12.2. The predicted octanol–water partition coefficient (Wildman–Crippen LogP) is 3.21. The summed E-state index contributed by atoms with van der Waals surface area (Å²) in [7, 11) is 0. The van der Waals surface area contributed by atoms with E-state index in [1.54, 1.807) is 13.0 Å². The third-order valence-electron chi connectivity index (χ3n) is 13.1. The van der Waals surface area contributed by atoms with Gasteiger partial charge in [0.1, 0.15) is 48.3 Å². The minimum Gasteiger partial charge on any atom is -0.472 e. The van der Waals surface area contributed by atoms with E-state index in [1.807, 2.05) is 0 Å². The van der Waals surface area contributed by atoms with Crippen LogP contribution in [0.1, 0.15) is 98.1 Å². The van der Waals surface area contributed by atoms with Crippen LogP contribution in [-0.2, 0) is 66.6 Å². The number of hydrogen-bond acceptors (Lipinski definition) is 20. The highest BCUT2D eigenvalue weighted by Gasteiger charge is 2.92. The number of hydrogen-bond donors (Lipinski definition) is 1. The molecule has 1 aromatic carbocycles. The molecule has 7 rings (SSSR count). The maximum absolute atomic E-state index is 14.8. The molecule has 352 valence electrons. The van der Waals surface area contributed by atoms with Crippen LogP contribution < -0.4 is 0 Å². The van der Waals surface area contributed by atoms with Crippen molar-refractivity contribution >= 4 is 47.8 Å². The number of benzene rings is 1. The second-order valence-electron chi connectivity index (χ2n) is 17.3. The van der Waals surface area contributed by atoms with Crippen molar-refractivity contribution in [2.75, 3.05) is 13.2 Å². The summed E-state index contributed by atoms with van der Waals surface area (Å²) >= 11 is 0. The Morgan fingerprint density at radius 2 is 1.38 bits per heavy atom. The molecule has 3 aromatic rings. The average molecular weight is 920 g/mol. The summed E-state index contributed by atoms with van der Waals surface area (Å²) < 4.78 is 61.3. The SMILES string of the molecule is CC(=O)OCC12C(OC(C)=O)C(OC(C)=O)C3C(OC(=O)c4ccoc4)C14OC3(C)COC(=O)c1cccnc1C(C)C(C)C(=O)OC(C(OC(=O)c1ccccc1)C2OC(C)=O)C4(C)O. The Hall–Kier alpha value is -6.67. The molecule has 1 saturated heterocycles. The van der Waals surface area contributed by atoms with E-state index in [4.69, 9.17) is 47.0 Å². The molecule has 1 N–H and O–H groups in total. The largest absolute Gasteiger partial charge is 0.472 e. The number of carbonyl (C=O) groups is 8. The highest BCUT2D eigenvalue weighted by Crippen LogP contribution is 2.70. The Kier molecular flexibility index (Phi) is 12.6. The molecular weight excluding hydrogens is 870 g/mol. The molecule has 20 heteroatoms. The third kappa shape index (κ3) is 7.74. The first kappa shape index (κ1) is 47.3. The van der Waals surface area contributed by atoms with Gasteiger partial charge in [0.25, 0.3) is 0 Å². The third-order valence-corrected chi connectivity index (χ3v) is 13.1. The van der Waals surface area contributed by atoms with E-state index in [0.29, 0.717) is 0 Å². The van der Waals surface area contributed by atoms with Crippen LogP contribution in [0.5, 0.6) is 0 Å². The van der Waals surface area contributed by atoms with Crippen LogP contribution in [0, 0.1) is 17.3 Å². The molecule has 4 bridgehead atoms. The summed E-state index contributed by atoms with van der Waals surface area (Å²) in [4.78, 5) is 116. The molecular formula is C46H49NO19. The van der Waals surface area contributed by atoms with Gasteiger partial charge in [0.05, 0.1) is 40.5 Å². The van der Waals surface area contributed by atoms with Crippen LogP contribution in [0.2, 0.25) is 0 Å². The van der Waals surface area contributed by atoms with Crippen LogP contribution in [0.15, 0.2) is 71.7 Å². The van der Waals surface area contributed by atoms with Crippen molar-refractivity contribution in [1.29, 1.82) is 0 Å². The maximum Gasteiger partial charge on any atom is 0.341 e. The fourth-order valence-corrected chi connectivity index (χ4v) is 10.2. The van der Waals surface area contributed by atoms with Gasteiger partial charge >= 0.3 is 47.8 Å². The van der Waals surface area contributed by atoms with Crippen molar-refractivity contribution < 1.29 is 90.5 Å². The number of aromatic nitrogens is 1. The second kappa shape index (κ2) is 17.6. The minimum atomic E-state index is -2.94. The van der Waals surface area contributed by atoms with Gasteiger partial charge < -0.3 is 52.2 Å². The van der Waals surface area contributed by atoms with Gasteiger partial charge in [0, 0.05) is 39.8 Å². The summed E-state index contributed by atoms with van der Waals surface area (Å²) in [6.07, 6.45) is -8.99. The van der Waals surface area contributed by atoms with Crippen molar-refractivity contribution in [3.63, 3.8) is 0 Å². The number of furan rings is 1. The van der Waals surface area contributed by atoms with Crippen LogP contribution in [0.25, 0.3) is 0 Å². The molecule has 3 fully saturated rings. The number of carbonyl (C=O) groups excluding carboxylic acids is 8. The first-order chi connectivity index (χ1) is 31.1. The van der Waals surface area contributed by atoms with E-state index in [9.17, 15) is 43.5 Å². The molecule has 0 amide bonds. The zero-order valence-corrected chi connectivity index (χ0v) is 37.2. The Morgan fingerprint density at radius 1 is 0.742 bits per heavy atom. The van der Waals surface area contributed by atoms with Crippen LogP contribution in [0.4, 0.5) is 0 Å². The van der Waals surface area contributed by atoms with Crippen LogP contribution >= 0.6 is 0 Å². The topological polar surface area (TPSA) is 266 Å². The lowest BCUT2D eigenvalue weighted by Gasteiger charge is -2.67. The van der Waals surface area contributed by atoms with Gasteiger partial charge in [-0.15, -0.1) is 0 Å². The van der Waals surface area contributed by atoms with Gasteiger partial charge in [0.2, 0.25) is 0 Å². The molecule has 2 aliphatic heterocycles. The molecule has 2 aliphatic carbocycles. The standard InChI is InChI=1S/C46H49NO19/c1-22-23(2)39(52)65-36-34(63-40(53)28-13-10-9-11-14-28)38(62-27(6)51)45(21-58-24(3)48)37(61-26(5)50)33(60-25(4)49)31-35(64-41(54)29-16-18-57-19-29)46(45,44(36,8)56)66-43(31,7)20-59-42(55)30-15-12-17-47-32(22)30/h9-19,22-23,31,33-38,56H,20-21H2,1-8H3. The quantitative estimate of drug-likeness (QED) is 0.238. The zero-order valence-electron chi connectivity index (χ0n) is 37.2. The Labute approximate surface area is 377 Å². The van der Waals surface area contributed by atoms with Crippen molar-refractivity contribution in [3.05, 3.63) is 89.6 Å². The van der Waals surface area contributed by atoms with E-state index < -0.39 is 138 Å². The molecule has 2 saturated carbocycles. The normalized spacial score (nSPS) is 34.5. The Balaban J connectivity index is 1.64. The number of ether oxygens (including phenoxy) is 9. The first-order valence-corrected chi connectivity index (χ1v) is 21.0. The van der Waals surface area contributed by atoms with Crippen molar-refractivity contribution in [3.8, 4) is 0 Å². The van der Waals surface area contributed by atoms with E-state index >= 15 is 0 Å². The lowest BCUT2D eigenvalue weighted by atomic mass is 9.45. The summed E-state index contributed by atoms with van der Waals surface area (Å²) in [6, 6.07) is 11.6. The van der Waals surface area contributed by atoms with Crippen molar-refractivity contribution in [2.24, 2.45) is 17.3 Å². The van der Waals surface area contributed by atoms with Gasteiger partial charge in [-0.1, -0.05) is 32.0 Å². The summed E-state index contributed by atoms with van der Waals surface area (Å²) in [6.45, 7) is 7.53. The van der Waals surface area contributed by atoms with Crippen LogP contribution in [0.3, 0.4) is 0 Å². The number of nitrogens with zero attached hydrogens (tertiary/aromatic N) is 1. The molecule has 13 atom stereocenters. The maximum atomic E-state index is 14.8. The van der Waals surface area contributed by atoms with E-state index in [0.717, 1.165) is 40.9 Å². The number of pyridine rings is 1. The zero-order chi connectivity index (χ0) is 48.1. The number of aliphatic hydroxyl groups is 1. The smallest absolute Gasteiger partial charge is 0.341 e. The first-order valence-electron chi connectivity index (χ1n) is 21.0. The molecule has 20 nitrogen and oxygen atoms in total. The van der Waals surface area contributed by atoms with E-state index in [1.165, 1.54) is 68.8 Å². The monoisotopic (exact) mass is 919 g/mol. The van der Waals surface area contributed by atoms with Crippen molar-refractivity contribution in [2.45, 2.75) is 115 Å². The number of rotatable bonds is 9. The molecule has 66 heavy (non-hydrogen) atoms. The Morgan fingerprint density at radius 3 is 1.98 bits per heavy atom. The molecule has 4 aliphatic rings. The van der Waals surface area contributed by atoms with Crippen LogP contribution in [-0.4, -0.2) is 124 Å². The molecule has 0 radical (unpaired) electrons. The predicted molar refractivity (Wildman–Crippen MR) is 218 cm³/mol. The number of fused-ring (bicyclic) bond motifs is 5. The number of cyclic esters (lactones) is 1. The second-order valence-corrected chi connectivity index (χ2v) is 17.3. The fourth-order valence-electron chi connectivity index (χ4n) is 10.2. The minimum absolute atomic E-state index is 0.0670. The molecule has 4 heterocycles. The summed E-state index contributed by atoms with van der Waals surface area (Å²) in [5.41, 5.74) is -10.9. The molecule has 13 unspecified atom stereocenters. The van der Waals surface area contributed by atoms with Gasteiger partial charge in [0.15, 0.2) is 30.0 Å². The lowest BCUT2D eigenvalue weighted by Crippen LogP contribution is -2.89. The highest BCUT2D eigenvalue weighted by atomic mass is 16.7. The van der Waals surface area contributed by atoms with E-state index in [2.05, 4.69) is 4.98 Å². The van der Waals surface area contributed by atoms with Crippen molar-refractivity contribution in [1.82, 2.24) is 4.98 Å². The Bertz CT molecular complexity index is 2420. The average Bonchev–Trinajstić information content (AvgIpc) is 3.88. The van der Waals surface area contributed by atoms with Gasteiger partial charge in [-0.05, 0) is 44.2 Å². The molecule has 2 aromatic heterocycles. The lowest BCUT2D eigenvalue weighted by molar-refractivity contribution is -0.385. The summed E-state index contributed by atoms with van der Waals surface area (Å²) in [5, 5.41) is 13.9.